The molecule has 0 spiro atoms. The van der Waals surface area contributed by atoms with Crippen LogP contribution in [-0.2, 0) is 11.2 Å². The van der Waals surface area contributed by atoms with Crippen LogP contribution in [-0.4, -0.2) is 24.8 Å². The van der Waals surface area contributed by atoms with Crippen LogP contribution in [0.3, 0.4) is 0 Å². The number of rotatable bonds is 7. The fraction of sp³-hybridized carbons (Fsp3) is 0.600. The first kappa shape index (κ1) is 16.4. The monoisotopic (exact) mass is 287 g/mol. The fourth-order valence-electron chi connectivity index (χ4n) is 2.21. The van der Waals surface area contributed by atoms with E-state index in [1.165, 1.54) is 0 Å². The van der Waals surface area contributed by atoms with Crippen molar-refractivity contribution < 1.29 is 9.13 Å². The predicted octanol–water partition coefficient (Wildman–Crippen LogP) is 3.81. The molecule has 0 aliphatic rings. The van der Waals surface area contributed by atoms with Crippen LogP contribution in [0.1, 0.15) is 33.3 Å². The zero-order valence-electron chi connectivity index (χ0n) is 12.1. The van der Waals surface area contributed by atoms with Gasteiger partial charge in [-0.15, -0.1) is 0 Å². The second kappa shape index (κ2) is 7.22. The summed E-state index contributed by atoms with van der Waals surface area (Å²) in [5.41, 5.74) is 0.255. The summed E-state index contributed by atoms with van der Waals surface area (Å²) in [5, 5.41) is 3.54. The maximum atomic E-state index is 14.0. The van der Waals surface area contributed by atoms with Crippen molar-refractivity contribution >= 4 is 11.6 Å². The van der Waals surface area contributed by atoms with Gasteiger partial charge >= 0.3 is 0 Å². The lowest BCUT2D eigenvalue weighted by atomic mass is 9.91. The van der Waals surface area contributed by atoms with Crippen LogP contribution < -0.4 is 5.32 Å². The molecule has 1 aromatic carbocycles. The van der Waals surface area contributed by atoms with Gasteiger partial charge in [-0.2, -0.15) is 0 Å². The lowest BCUT2D eigenvalue weighted by molar-refractivity contribution is -0.0378. The van der Waals surface area contributed by atoms with Crippen molar-refractivity contribution in [3.05, 3.63) is 34.6 Å². The van der Waals surface area contributed by atoms with Crippen molar-refractivity contribution in [3.8, 4) is 0 Å². The van der Waals surface area contributed by atoms with Crippen LogP contribution in [0.25, 0.3) is 0 Å². The molecule has 2 nitrogen and oxygen atoms in total. The largest absolute Gasteiger partial charge is 0.374 e. The van der Waals surface area contributed by atoms with Gasteiger partial charge in [-0.25, -0.2) is 4.39 Å². The first-order chi connectivity index (χ1) is 8.92. The second-order valence-electron chi connectivity index (χ2n) is 5.06. The first-order valence-electron chi connectivity index (χ1n) is 6.72. The molecule has 1 atom stereocenters. The Kier molecular flexibility index (Phi) is 6.24. The quantitative estimate of drug-likeness (QED) is 0.823. The molecule has 0 aliphatic carbocycles. The van der Waals surface area contributed by atoms with Crippen molar-refractivity contribution in [2.75, 3.05) is 13.2 Å². The molecule has 0 saturated heterocycles. The van der Waals surface area contributed by atoms with Gasteiger partial charge < -0.3 is 10.1 Å². The van der Waals surface area contributed by atoms with Gasteiger partial charge in [0.1, 0.15) is 5.82 Å². The minimum Gasteiger partial charge on any atom is -0.374 e. The summed E-state index contributed by atoms with van der Waals surface area (Å²) in [4.78, 5) is 0. The Balaban J connectivity index is 2.92. The Morgan fingerprint density at radius 1 is 1.37 bits per heavy atom. The van der Waals surface area contributed by atoms with E-state index in [-0.39, 0.29) is 22.5 Å². The molecule has 1 rings (SSSR count). The average Bonchev–Trinajstić information content (AvgIpc) is 2.34. The topological polar surface area (TPSA) is 21.3 Å². The Bertz CT molecular complexity index is 409. The third kappa shape index (κ3) is 4.44. The number of ether oxygens (including phenoxy) is 1. The molecule has 1 N–H and O–H groups in total. The van der Waals surface area contributed by atoms with Gasteiger partial charge in [-0.05, 0) is 45.4 Å². The fourth-order valence-corrected chi connectivity index (χ4v) is 2.40. The van der Waals surface area contributed by atoms with E-state index in [4.69, 9.17) is 16.3 Å². The third-order valence-corrected chi connectivity index (χ3v) is 3.55. The van der Waals surface area contributed by atoms with Gasteiger partial charge in [0.05, 0.1) is 10.6 Å². The lowest BCUT2D eigenvalue weighted by Gasteiger charge is -2.35. The number of likely N-dealkylation sites (N-methyl/N-ethyl adjacent to an activating group) is 1. The van der Waals surface area contributed by atoms with Gasteiger partial charge in [0.25, 0.3) is 0 Å². The SMILES string of the molecule is CCNC(Cc1cccc(Cl)c1F)C(C)(C)OCC. The summed E-state index contributed by atoms with van der Waals surface area (Å²) in [7, 11) is 0. The van der Waals surface area contributed by atoms with Crippen LogP contribution in [0.15, 0.2) is 18.2 Å². The van der Waals surface area contributed by atoms with Gasteiger partial charge in [0.15, 0.2) is 0 Å². The highest BCUT2D eigenvalue weighted by Crippen LogP contribution is 2.23. The molecule has 0 radical (unpaired) electrons. The molecule has 0 aliphatic heterocycles. The summed E-state index contributed by atoms with van der Waals surface area (Å²) in [6, 6.07) is 5.15. The Morgan fingerprint density at radius 2 is 2.05 bits per heavy atom. The summed E-state index contributed by atoms with van der Waals surface area (Å²) < 4.78 is 19.7. The number of halogens is 2. The highest BCUT2D eigenvalue weighted by molar-refractivity contribution is 6.30. The van der Waals surface area contributed by atoms with E-state index in [1.807, 2.05) is 27.7 Å². The van der Waals surface area contributed by atoms with Crippen LogP contribution in [0.4, 0.5) is 4.39 Å². The zero-order valence-corrected chi connectivity index (χ0v) is 12.9. The summed E-state index contributed by atoms with van der Waals surface area (Å²) in [6.45, 7) is 9.48. The third-order valence-electron chi connectivity index (χ3n) is 3.26. The maximum Gasteiger partial charge on any atom is 0.145 e. The van der Waals surface area contributed by atoms with Gasteiger partial charge in [-0.3, -0.25) is 0 Å². The molecule has 4 heteroatoms. The molecule has 1 aromatic rings. The molecular weight excluding hydrogens is 265 g/mol. The van der Waals surface area contributed by atoms with Crippen LogP contribution in [0, 0.1) is 5.82 Å². The maximum absolute atomic E-state index is 14.0. The predicted molar refractivity (Wildman–Crippen MR) is 78.3 cm³/mol. The van der Waals surface area contributed by atoms with E-state index in [2.05, 4.69) is 5.32 Å². The van der Waals surface area contributed by atoms with E-state index in [0.717, 1.165) is 6.54 Å². The molecule has 0 aromatic heterocycles. The van der Waals surface area contributed by atoms with Gasteiger partial charge in [0.2, 0.25) is 0 Å². The summed E-state index contributed by atoms with van der Waals surface area (Å²) >= 11 is 5.82. The van der Waals surface area contributed by atoms with E-state index < -0.39 is 0 Å². The lowest BCUT2D eigenvalue weighted by Crippen LogP contribution is -2.50. The Labute approximate surface area is 120 Å². The standard InChI is InChI=1S/C15H23ClFNO/c1-5-18-13(15(3,4)19-6-2)10-11-8-7-9-12(16)14(11)17/h7-9,13,18H,5-6,10H2,1-4H3. The second-order valence-corrected chi connectivity index (χ2v) is 5.47. The summed E-state index contributed by atoms with van der Waals surface area (Å²) in [5.74, 6) is -0.334. The molecule has 0 saturated carbocycles. The Morgan fingerprint density at radius 3 is 2.63 bits per heavy atom. The van der Waals surface area contributed by atoms with E-state index >= 15 is 0 Å². The number of nitrogens with one attached hydrogen (secondary N) is 1. The molecular formula is C15H23ClFNO. The number of hydrogen-bond acceptors (Lipinski definition) is 2. The first-order valence-corrected chi connectivity index (χ1v) is 7.10. The summed E-state index contributed by atoms with van der Waals surface area (Å²) in [6.07, 6.45) is 0.549. The van der Waals surface area contributed by atoms with Gasteiger partial charge in [0, 0.05) is 12.6 Å². The molecule has 0 bridgehead atoms. The van der Waals surface area contributed by atoms with Crippen molar-refractivity contribution in [3.63, 3.8) is 0 Å². The van der Waals surface area contributed by atoms with Gasteiger partial charge in [-0.1, -0.05) is 30.7 Å². The molecule has 19 heavy (non-hydrogen) atoms. The minimum atomic E-state index is -0.362. The smallest absolute Gasteiger partial charge is 0.145 e. The molecule has 0 amide bonds. The normalized spacial score (nSPS) is 13.6. The van der Waals surface area contributed by atoms with Crippen molar-refractivity contribution in [1.29, 1.82) is 0 Å². The zero-order chi connectivity index (χ0) is 14.5. The highest BCUT2D eigenvalue weighted by Gasteiger charge is 2.30. The van der Waals surface area contributed by atoms with Crippen LogP contribution >= 0.6 is 11.6 Å². The van der Waals surface area contributed by atoms with Crippen LogP contribution in [0.5, 0.6) is 0 Å². The average molecular weight is 288 g/mol. The van der Waals surface area contributed by atoms with Crippen molar-refractivity contribution in [2.24, 2.45) is 0 Å². The molecule has 0 fully saturated rings. The molecule has 0 heterocycles. The number of benzene rings is 1. The number of hydrogen-bond donors (Lipinski definition) is 1. The Hall–Kier alpha value is -0.640. The van der Waals surface area contributed by atoms with Crippen molar-refractivity contribution in [1.82, 2.24) is 5.32 Å². The van der Waals surface area contributed by atoms with Crippen LogP contribution in [0.2, 0.25) is 5.02 Å². The molecule has 1 unspecified atom stereocenters. The van der Waals surface area contributed by atoms with E-state index in [9.17, 15) is 4.39 Å². The minimum absolute atomic E-state index is 0.0328. The highest BCUT2D eigenvalue weighted by atomic mass is 35.5. The molecule has 108 valence electrons. The van der Waals surface area contributed by atoms with E-state index in [1.54, 1.807) is 18.2 Å². The van der Waals surface area contributed by atoms with Crippen molar-refractivity contribution in [2.45, 2.75) is 45.8 Å². The van der Waals surface area contributed by atoms with E-state index in [0.29, 0.717) is 18.6 Å².